The molecule has 0 fully saturated rings. The minimum Gasteiger partial charge on any atom is -0.351 e. The molecule has 21 heavy (non-hydrogen) atoms. The summed E-state index contributed by atoms with van der Waals surface area (Å²) in [7, 11) is 0. The second kappa shape index (κ2) is 7.17. The molecule has 2 rings (SSSR count). The number of benzene rings is 2. The van der Waals surface area contributed by atoms with Gasteiger partial charge in [0.1, 0.15) is 17.5 Å². The molecule has 0 aliphatic carbocycles. The van der Waals surface area contributed by atoms with Crippen LogP contribution in [0.4, 0.5) is 13.2 Å². The van der Waals surface area contributed by atoms with Gasteiger partial charge in [0.05, 0.1) is 5.75 Å². The van der Waals surface area contributed by atoms with E-state index in [1.54, 1.807) is 12.1 Å². The van der Waals surface area contributed by atoms with Crippen LogP contribution in [0.5, 0.6) is 0 Å². The number of halogens is 3. The van der Waals surface area contributed by atoms with Crippen LogP contribution in [0.2, 0.25) is 0 Å². The zero-order valence-electron chi connectivity index (χ0n) is 10.9. The first-order valence-electron chi connectivity index (χ1n) is 6.13. The molecule has 1 amide bonds. The predicted octanol–water partition coefficient (Wildman–Crippen LogP) is 3.51. The highest BCUT2D eigenvalue weighted by molar-refractivity contribution is 8.00. The Kier molecular flexibility index (Phi) is 5.27. The van der Waals surface area contributed by atoms with Crippen molar-refractivity contribution < 1.29 is 18.0 Å². The third-order valence-electron chi connectivity index (χ3n) is 2.66. The first kappa shape index (κ1) is 15.4. The van der Waals surface area contributed by atoms with E-state index >= 15 is 0 Å². The molecule has 0 bridgehead atoms. The van der Waals surface area contributed by atoms with E-state index in [0.29, 0.717) is 0 Å². The van der Waals surface area contributed by atoms with Gasteiger partial charge < -0.3 is 5.32 Å². The molecule has 6 heteroatoms. The van der Waals surface area contributed by atoms with Crippen molar-refractivity contribution in [3.05, 3.63) is 65.5 Å². The summed E-state index contributed by atoms with van der Waals surface area (Å²) in [6.45, 7) is 0.269. The molecule has 0 radical (unpaired) electrons. The van der Waals surface area contributed by atoms with Gasteiger partial charge in [0.15, 0.2) is 0 Å². The van der Waals surface area contributed by atoms with Crippen LogP contribution in [0, 0.1) is 17.5 Å². The van der Waals surface area contributed by atoms with Crippen molar-refractivity contribution >= 4 is 17.7 Å². The van der Waals surface area contributed by atoms with Crippen molar-refractivity contribution in [3.8, 4) is 0 Å². The number of hydrogen-bond acceptors (Lipinski definition) is 2. The standard InChI is InChI=1S/C15H12F3NOS/c16-11-3-1-10(2-4-11)8-19-15(20)9-21-14-6-5-12(17)7-13(14)18/h1-7H,8-9H2,(H,19,20). The van der Waals surface area contributed by atoms with Gasteiger partial charge in [0.2, 0.25) is 5.91 Å². The Morgan fingerprint density at radius 1 is 1.00 bits per heavy atom. The molecule has 0 saturated carbocycles. The van der Waals surface area contributed by atoms with Crippen molar-refractivity contribution in [1.82, 2.24) is 5.32 Å². The molecule has 0 unspecified atom stereocenters. The lowest BCUT2D eigenvalue weighted by molar-refractivity contribution is -0.118. The normalized spacial score (nSPS) is 10.4. The van der Waals surface area contributed by atoms with Crippen molar-refractivity contribution in [2.24, 2.45) is 0 Å². The van der Waals surface area contributed by atoms with E-state index in [4.69, 9.17) is 0 Å². The van der Waals surface area contributed by atoms with E-state index in [9.17, 15) is 18.0 Å². The molecule has 110 valence electrons. The molecule has 1 N–H and O–H groups in total. The average molecular weight is 311 g/mol. The summed E-state index contributed by atoms with van der Waals surface area (Å²) in [5, 5.41) is 2.64. The van der Waals surface area contributed by atoms with Crippen molar-refractivity contribution in [3.63, 3.8) is 0 Å². The number of hydrogen-bond donors (Lipinski definition) is 1. The Labute approximate surface area is 124 Å². The predicted molar refractivity (Wildman–Crippen MR) is 75.3 cm³/mol. The number of carbonyl (C=O) groups is 1. The molecule has 0 aliphatic rings. The van der Waals surface area contributed by atoms with Gasteiger partial charge in [-0.2, -0.15) is 0 Å². The largest absolute Gasteiger partial charge is 0.351 e. The first-order valence-corrected chi connectivity index (χ1v) is 7.12. The van der Waals surface area contributed by atoms with Gasteiger partial charge in [-0.1, -0.05) is 12.1 Å². The summed E-state index contributed by atoms with van der Waals surface area (Å²) in [5.41, 5.74) is 0.766. The third kappa shape index (κ3) is 4.82. The summed E-state index contributed by atoms with van der Waals surface area (Å²) >= 11 is 0.988. The second-order valence-electron chi connectivity index (χ2n) is 4.27. The third-order valence-corrected chi connectivity index (χ3v) is 3.70. The lowest BCUT2D eigenvalue weighted by Crippen LogP contribution is -2.24. The molecule has 0 atom stereocenters. The Morgan fingerprint density at radius 2 is 1.67 bits per heavy atom. The average Bonchev–Trinajstić information content (AvgIpc) is 2.46. The maximum atomic E-state index is 13.4. The Hall–Kier alpha value is -1.95. The molecule has 0 heterocycles. The van der Waals surface area contributed by atoms with Crippen LogP contribution in [0.15, 0.2) is 47.4 Å². The number of thioether (sulfide) groups is 1. The van der Waals surface area contributed by atoms with Crippen LogP contribution in [0.25, 0.3) is 0 Å². The van der Waals surface area contributed by atoms with E-state index < -0.39 is 11.6 Å². The fourth-order valence-electron chi connectivity index (χ4n) is 1.59. The summed E-state index contributed by atoms with van der Waals surface area (Å²) in [6.07, 6.45) is 0. The van der Waals surface area contributed by atoms with Crippen LogP contribution in [-0.2, 0) is 11.3 Å². The first-order chi connectivity index (χ1) is 10.0. The number of carbonyl (C=O) groups excluding carboxylic acids is 1. The van der Waals surface area contributed by atoms with Gasteiger partial charge >= 0.3 is 0 Å². The van der Waals surface area contributed by atoms with Gasteiger partial charge in [-0.25, -0.2) is 13.2 Å². The monoisotopic (exact) mass is 311 g/mol. The molecule has 0 aromatic heterocycles. The second-order valence-corrected chi connectivity index (χ2v) is 5.28. The van der Waals surface area contributed by atoms with Gasteiger partial charge in [-0.15, -0.1) is 11.8 Å². The summed E-state index contributed by atoms with van der Waals surface area (Å²) in [4.78, 5) is 11.8. The molecular weight excluding hydrogens is 299 g/mol. The fourth-order valence-corrected chi connectivity index (χ4v) is 2.34. The van der Waals surface area contributed by atoms with Crippen LogP contribution >= 0.6 is 11.8 Å². The van der Waals surface area contributed by atoms with E-state index in [-0.39, 0.29) is 28.9 Å². The Bertz CT molecular complexity index is 631. The Balaban J connectivity index is 1.80. The van der Waals surface area contributed by atoms with E-state index in [1.807, 2.05) is 0 Å². The number of rotatable bonds is 5. The topological polar surface area (TPSA) is 29.1 Å². The summed E-state index contributed by atoms with van der Waals surface area (Å²) in [5.74, 6) is -1.95. The van der Waals surface area contributed by atoms with Gasteiger partial charge in [-0.05, 0) is 29.8 Å². The maximum Gasteiger partial charge on any atom is 0.230 e. The van der Waals surface area contributed by atoms with Crippen LogP contribution in [0.1, 0.15) is 5.56 Å². The maximum absolute atomic E-state index is 13.4. The Morgan fingerprint density at radius 3 is 2.33 bits per heavy atom. The van der Waals surface area contributed by atoms with E-state index in [0.717, 1.165) is 29.5 Å². The highest BCUT2D eigenvalue weighted by atomic mass is 32.2. The quantitative estimate of drug-likeness (QED) is 0.856. The zero-order valence-corrected chi connectivity index (χ0v) is 11.7. The SMILES string of the molecule is O=C(CSc1ccc(F)cc1F)NCc1ccc(F)cc1. The van der Waals surface area contributed by atoms with Crippen molar-refractivity contribution in [2.75, 3.05) is 5.75 Å². The van der Waals surface area contributed by atoms with E-state index in [2.05, 4.69) is 5.32 Å². The highest BCUT2D eigenvalue weighted by Crippen LogP contribution is 2.22. The zero-order chi connectivity index (χ0) is 15.2. The highest BCUT2D eigenvalue weighted by Gasteiger charge is 2.07. The minimum absolute atomic E-state index is 0.0176. The molecule has 0 saturated heterocycles. The lowest BCUT2D eigenvalue weighted by Gasteiger charge is -2.06. The van der Waals surface area contributed by atoms with Crippen molar-refractivity contribution in [1.29, 1.82) is 0 Å². The van der Waals surface area contributed by atoms with Crippen molar-refractivity contribution in [2.45, 2.75) is 11.4 Å². The van der Waals surface area contributed by atoms with Gasteiger partial charge in [0, 0.05) is 17.5 Å². The minimum atomic E-state index is -0.689. The smallest absolute Gasteiger partial charge is 0.230 e. The van der Waals surface area contributed by atoms with Gasteiger partial charge in [0.25, 0.3) is 0 Å². The number of amides is 1. The van der Waals surface area contributed by atoms with Crippen LogP contribution < -0.4 is 5.32 Å². The summed E-state index contributed by atoms with van der Waals surface area (Å²) < 4.78 is 38.8. The fraction of sp³-hybridized carbons (Fsp3) is 0.133. The van der Waals surface area contributed by atoms with Crippen LogP contribution in [0.3, 0.4) is 0 Å². The number of nitrogens with one attached hydrogen (secondary N) is 1. The molecule has 2 aromatic rings. The van der Waals surface area contributed by atoms with Crippen LogP contribution in [-0.4, -0.2) is 11.7 Å². The molecular formula is C15H12F3NOS. The molecule has 0 spiro atoms. The molecule has 2 aromatic carbocycles. The molecule has 2 nitrogen and oxygen atoms in total. The van der Waals surface area contributed by atoms with E-state index in [1.165, 1.54) is 18.2 Å². The summed E-state index contributed by atoms with van der Waals surface area (Å²) in [6, 6.07) is 8.97. The molecule has 0 aliphatic heterocycles. The van der Waals surface area contributed by atoms with Gasteiger partial charge in [-0.3, -0.25) is 4.79 Å². The lowest BCUT2D eigenvalue weighted by atomic mass is 10.2.